The van der Waals surface area contributed by atoms with Crippen molar-refractivity contribution in [2.24, 2.45) is 0 Å². The summed E-state index contributed by atoms with van der Waals surface area (Å²) in [5, 5.41) is 2.83. The molecular formula is C17H25N3O2. The van der Waals surface area contributed by atoms with Crippen molar-refractivity contribution >= 4 is 12.1 Å². The third kappa shape index (κ3) is 4.24. The Labute approximate surface area is 132 Å². The van der Waals surface area contributed by atoms with Gasteiger partial charge in [0.25, 0.3) is 0 Å². The van der Waals surface area contributed by atoms with Crippen molar-refractivity contribution in [1.82, 2.24) is 15.1 Å². The zero-order chi connectivity index (χ0) is 15.9. The summed E-state index contributed by atoms with van der Waals surface area (Å²) in [7, 11) is 5.62. The van der Waals surface area contributed by atoms with Crippen molar-refractivity contribution in [3.8, 4) is 5.75 Å². The Morgan fingerprint density at radius 2 is 2.05 bits per heavy atom. The van der Waals surface area contributed by atoms with Gasteiger partial charge in [-0.05, 0) is 45.1 Å². The number of carbonyl (C=O) groups is 1. The van der Waals surface area contributed by atoms with Crippen LogP contribution in [0.25, 0.3) is 6.08 Å². The number of urea groups is 1. The number of piperidine rings is 1. The molecule has 2 rings (SSSR count). The van der Waals surface area contributed by atoms with Crippen LogP contribution in [-0.4, -0.2) is 56.2 Å². The molecule has 2 amide bonds. The van der Waals surface area contributed by atoms with Gasteiger partial charge in [0.1, 0.15) is 5.75 Å². The van der Waals surface area contributed by atoms with E-state index >= 15 is 0 Å². The summed E-state index contributed by atoms with van der Waals surface area (Å²) in [6.45, 7) is 2.08. The zero-order valence-corrected chi connectivity index (χ0v) is 13.6. The number of hydrogen-bond donors (Lipinski definition) is 1. The number of nitrogens with one attached hydrogen (secondary N) is 1. The maximum absolute atomic E-state index is 12.2. The molecule has 1 fully saturated rings. The maximum Gasteiger partial charge on any atom is 0.321 e. The Hall–Kier alpha value is -2.01. The molecule has 0 aromatic heterocycles. The van der Waals surface area contributed by atoms with E-state index in [4.69, 9.17) is 4.74 Å². The van der Waals surface area contributed by atoms with E-state index in [1.807, 2.05) is 37.4 Å². The Bertz CT molecular complexity index is 522. The Morgan fingerprint density at radius 3 is 2.73 bits per heavy atom. The lowest BCUT2D eigenvalue weighted by Gasteiger charge is -2.34. The van der Waals surface area contributed by atoms with Crippen molar-refractivity contribution in [3.63, 3.8) is 0 Å². The molecule has 22 heavy (non-hydrogen) atoms. The average Bonchev–Trinajstić information content (AvgIpc) is 2.55. The van der Waals surface area contributed by atoms with Gasteiger partial charge in [-0.25, -0.2) is 4.79 Å². The number of para-hydroxylation sites is 1. The lowest BCUT2D eigenvalue weighted by molar-refractivity contribution is 0.150. The van der Waals surface area contributed by atoms with Gasteiger partial charge in [-0.2, -0.15) is 0 Å². The molecule has 0 spiro atoms. The van der Waals surface area contributed by atoms with Crippen molar-refractivity contribution in [2.75, 3.05) is 34.3 Å². The van der Waals surface area contributed by atoms with Crippen LogP contribution in [0.2, 0.25) is 0 Å². The van der Waals surface area contributed by atoms with Gasteiger partial charge >= 0.3 is 6.03 Å². The van der Waals surface area contributed by atoms with Crippen LogP contribution in [-0.2, 0) is 0 Å². The van der Waals surface area contributed by atoms with Gasteiger partial charge in [0.2, 0.25) is 0 Å². The molecule has 0 aliphatic carbocycles. The highest BCUT2D eigenvalue weighted by Gasteiger charge is 2.23. The molecule has 1 saturated heterocycles. The van der Waals surface area contributed by atoms with Crippen molar-refractivity contribution in [3.05, 3.63) is 36.0 Å². The van der Waals surface area contributed by atoms with Gasteiger partial charge in [0.15, 0.2) is 0 Å². The highest BCUT2D eigenvalue weighted by atomic mass is 16.5. The average molecular weight is 303 g/mol. The van der Waals surface area contributed by atoms with E-state index in [0.29, 0.717) is 6.04 Å². The Kier molecular flexibility index (Phi) is 5.83. The van der Waals surface area contributed by atoms with Crippen LogP contribution in [0.15, 0.2) is 30.5 Å². The van der Waals surface area contributed by atoms with E-state index < -0.39 is 0 Å². The molecule has 0 radical (unpaired) electrons. The Morgan fingerprint density at radius 1 is 1.36 bits per heavy atom. The number of amides is 2. The maximum atomic E-state index is 12.2. The molecule has 0 bridgehead atoms. The number of nitrogens with zero attached hydrogens (tertiary/aromatic N) is 2. The molecule has 1 aromatic rings. The van der Waals surface area contributed by atoms with Crippen molar-refractivity contribution in [1.29, 1.82) is 0 Å². The molecule has 0 unspecified atom stereocenters. The summed E-state index contributed by atoms with van der Waals surface area (Å²) in [6, 6.07) is 7.95. The standard InChI is InChI=1S/C17H25N3O2/c1-19-12-9-15(10-13-19)20(2)17(21)18-11-8-14-6-4-5-7-16(14)22-3/h4-8,11,15H,9-10,12-13H2,1-3H3,(H,18,21)/b11-8+. The summed E-state index contributed by atoms with van der Waals surface area (Å²) < 4.78 is 5.28. The lowest BCUT2D eigenvalue weighted by atomic mass is 10.0. The summed E-state index contributed by atoms with van der Waals surface area (Å²) >= 11 is 0. The van der Waals surface area contributed by atoms with Gasteiger partial charge in [-0.3, -0.25) is 0 Å². The van der Waals surface area contributed by atoms with Crippen LogP contribution in [0.5, 0.6) is 5.75 Å². The molecule has 1 N–H and O–H groups in total. The largest absolute Gasteiger partial charge is 0.496 e. The third-order valence-corrected chi connectivity index (χ3v) is 4.16. The van der Waals surface area contributed by atoms with Gasteiger partial charge in [0, 0.05) is 24.9 Å². The third-order valence-electron chi connectivity index (χ3n) is 4.16. The smallest absolute Gasteiger partial charge is 0.321 e. The predicted molar refractivity (Wildman–Crippen MR) is 88.8 cm³/mol. The van der Waals surface area contributed by atoms with Crippen LogP contribution in [0.3, 0.4) is 0 Å². The number of ether oxygens (including phenoxy) is 1. The first kappa shape index (κ1) is 16.4. The molecule has 5 nitrogen and oxygen atoms in total. The van der Waals surface area contributed by atoms with Gasteiger partial charge < -0.3 is 19.9 Å². The molecule has 120 valence electrons. The van der Waals surface area contributed by atoms with E-state index in [1.54, 1.807) is 18.2 Å². The molecule has 1 aliphatic rings. The number of carbonyl (C=O) groups excluding carboxylic acids is 1. The minimum Gasteiger partial charge on any atom is -0.496 e. The fourth-order valence-electron chi connectivity index (χ4n) is 2.66. The van der Waals surface area contributed by atoms with Crippen LogP contribution >= 0.6 is 0 Å². The number of methoxy groups -OCH3 is 1. The number of likely N-dealkylation sites (tertiary alicyclic amines) is 1. The number of hydrogen-bond acceptors (Lipinski definition) is 3. The lowest BCUT2D eigenvalue weighted by Crippen LogP contribution is -2.47. The minimum atomic E-state index is -0.0688. The molecule has 1 aromatic carbocycles. The fraction of sp³-hybridized carbons (Fsp3) is 0.471. The molecule has 0 saturated carbocycles. The minimum absolute atomic E-state index is 0.0688. The van der Waals surface area contributed by atoms with Gasteiger partial charge in [-0.1, -0.05) is 18.2 Å². The number of rotatable bonds is 4. The topological polar surface area (TPSA) is 44.8 Å². The van der Waals surface area contributed by atoms with E-state index in [-0.39, 0.29) is 6.03 Å². The second kappa shape index (κ2) is 7.84. The second-order valence-corrected chi connectivity index (χ2v) is 5.67. The quantitative estimate of drug-likeness (QED) is 0.929. The number of benzene rings is 1. The Balaban J connectivity index is 1.87. The SMILES string of the molecule is COc1ccccc1/C=C/NC(=O)N(C)C1CCN(C)CC1. The van der Waals surface area contributed by atoms with Crippen LogP contribution in [0.1, 0.15) is 18.4 Å². The van der Waals surface area contributed by atoms with E-state index in [9.17, 15) is 4.79 Å². The first-order chi connectivity index (χ1) is 10.6. The van der Waals surface area contributed by atoms with Crippen LogP contribution < -0.4 is 10.1 Å². The van der Waals surface area contributed by atoms with Gasteiger partial charge in [0.05, 0.1) is 7.11 Å². The summed E-state index contributed by atoms with van der Waals surface area (Å²) in [5.74, 6) is 0.789. The first-order valence-corrected chi connectivity index (χ1v) is 7.63. The normalized spacial score (nSPS) is 16.7. The summed E-state index contributed by atoms with van der Waals surface area (Å²) in [5.41, 5.74) is 0.937. The molecular weight excluding hydrogens is 278 g/mol. The van der Waals surface area contributed by atoms with Crippen molar-refractivity contribution < 1.29 is 9.53 Å². The molecule has 5 heteroatoms. The fourth-order valence-corrected chi connectivity index (χ4v) is 2.66. The monoisotopic (exact) mass is 303 g/mol. The van der Waals surface area contributed by atoms with Crippen LogP contribution in [0, 0.1) is 0 Å². The highest BCUT2D eigenvalue weighted by Crippen LogP contribution is 2.18. The molecule has 1 aliphatic heterocycles. The predicted octanol–water partition coefficient (Wildman–Crippen LogP) is 2.40. The second-order valence-electron chi connectivity index (χ2n) is 5.67. The zero-order valence-electron chi connectivity index (χ0n) is 13.6. The van der Waals surface area contributed by atoms with Crippen LogP contribution in [0.4, 0.5) is 4.79 Å². The van der Waals surface area contributed by atoms with E-state index in [2.05, 4.69) is 17.3 Å². The first-order valence-electron chi connectivity index (χ1n) is 7.63. The van der Waals surface area contributed by atoms with Gasteiger partial charge in [-0.15, -0.1) is 0 Å². The highest BCUT2D eigenvalue weighted by molar-refractivity contribution is 5.76. The van der Waals surface area contributed by atoms with E-state index in [1.165, 1.54) is 0 Å². The van der Waals surface area contributed by atoms with Crippen molar-refractivity contribution in [2.45, 2.75) is 18.9 Å². The summed E-state index contributed by atoms with van der Waals surface area (Å²) in [4.78, 5) is 16.3. The summed E-state index contributed by atoms with van der Waals surface area (Å²) in [6.07, 6.45) is 5.57. The molecule has 0 atom stereocenters. The molecule has 1 heterocycles. The van der Waals surface area contributed by atoms with E-state index in [0.717, 1.165) is 37.2 Å².